The number of benzene rings is 1. The van der Waals surface area contributed by atoms with Crippen LogP contribution in [0.15, 0.2) is 41.2 Å². The zero-order chi connectivity index (χ0) is 16.8. The highest BCUT2D eigenvalue weighted by molar-refractivity contribution is 5.90. The Morgan fingerprint density at radius 2 is 1.74 bits per heavy atom. The van der Waals surface area contributed by atoms with Crippen LogP contribution in [0.4, 0.5) is 4.39 Å². The molecule has 124 valence electrons. The van der Waals surface area contributed by atoms with E-state index in [0.717, 1.165) is 42.4 Å². The van der Waals surface area contributed by atoms with Crippen LogP contribution in [0.1, 0.15) is 68.8 Å². The topological polar surface area (TPSA) is 26.3 Å². The van der Waals surface area contributed by atoms with Crippen molar-refractivity contribution in [2.24, 2.45) is 0 Å². The molecule has 0 fully saturated rings. The first-order valence-corrected chi connectivity index (χ1v) is 8.49. The van der Waals surface area contributed by atoms with Gasteiger partial charge in [-0.25, -0.2) is 9.18 Å². The van der Waals surface area contributed by atoms with Crippen LogP contribution >= 0.6 is 0 Å². The van der Waals surface area contributed by atoms with Gasteiger partial charge in [-0.15, -0.1) is 0 Å². The van der Waals surface area contributed by atoms with E-state index in [1.165, 1.54) is 5.57 Å². The summed E-state index contributed by atoms with van der Waals surface area (Å²) in [6.45, 7) is 6.34. The molecular weight excluding hydrogens is 291 g/mol. The van der Waals surface area contributed by atoms with Crippen molar-refractivity contribution in [3.8, 4) is 0 Å². The van der Waals surface area contributed by atoms with Gasteiger partial charge in [-0.1, -0.05) is 44.4 Å². The van der Waals surface area contributed by atoms with Gasteiger partial charge in [0.2, 0.25) is 0 Å². The van der Waals surface area contributed by atoms with E-state index in [9.17, 15) is 9.18 Å². The predicted molar refractivity (Wildman–Crippen MR) is 91.9 cm³/mol. The molecule has 3 heteroatoms. The maximum atomic E-state index is 14.8. The monoisotopic (exact) mass is 316 g/mol. The maximum absolute atomic E-state index is 14.8. The van der Waals surface area contributed by atoms with Gasteiger partial charge in [0.05, 0.1) is 12.2 Å². The van der Waals surface area contributed by atoms with E-state index in [-0.39, 0.29) is 11.8 Å². The average Bonchev–Trinajstić information content (AvgIpc) is 2.85. The number of rotatable bonds is 7. The van der Waals surface area contributed by atoms with Crippen molar-refractivity contribution >= 4 is 11.5 Å². The molecule has 0 aromatic heterocycles. The van der Waals surface area contributed by atoms with Crippen molar-refractivity contribution in [1.82, 2.24) is 0 Å². The van der Waals surface area contributed by atoms with Gasteiger partial charge in [-0.3, -0.25) is 0 Å². The normalized spacial score (nSPS) is 14.6. The number of hydrogen-bond donors (Lipinski definition) is 0. The SMILES string of the molecule is CCCC1=C(CCC)C(F)=C(c2ccc(C(=O)OCC)cc2)C1. The van der Waals surface area contributed by atoms with Gasteiger partial charge < -0.3 is 4.74 Å². The molecule has 0 aliphatic heterocycles. The molecule has 0 saturated heterocycles. The van der Waals surface area contributed by atoms with Gasteiger partial charge >= 0.3 is 5.97 Å². The minimum absolute atomic E-state index is 0.0563. The Hall–Kier alpha value is -1.90. The van der Waals surface area contributed by atoms with E-state index in [4.69, 9.17) is 4.74 Å². The van der Waals surface area contributed by atoms with E-state index in [0.29, 0.717) is 18.6 Å². The van der Waals surface area contributed by atoms with Crippen LogP contribution in [0.2, 0.25) is 0 Å². The van der Waals surface area contributed by atoms with Gasteiger partial charge in [0, 0.05) is 0 Å². The Bertz CT molecular complexity index is 624. The highest BCUT2D eigenvalue weighted by atomic mass is 19.1. The lowest BCUT2D eigenvalue weighted by Crippen LogP contribution is -2.04. The van der Waals surface area contributed by atoms with Crippen LogP contribution in [0, 0.1) is 0 Å². The summed E-state index contributed by atoms with van der Waals surface area (Å²) in [7, 11) is 0. The van der Waals surface area contributed by atoms with E-state index >= 15 is 0 Å². The Kier molecular flexibility index (Phi) is 6.14. The van der Waals surface area contributed by atoms with Gasteiger partial charge in [-0.2, -0.15) is 0 Å². The molecule has 1 aliphatic carbocycles. The summed E-state index contributed by atoms with van der Waals surface area (Å²) in [5.41, 5.74) is 4.25. The standard InChI is InChI=1S/C20H25FO2/c1-4-7-16-13-18(19(21)17(16)8-5-2)14-9-11-15(12-10-14)20(22)23-6-3/h9-12H,4-8,13H2,1-3H3. The van der Waals surface area contributed by atoms with Crippen LogP contribution in [0.25, 0.3) is 5.57 Å². The van der Waals surface area contributed by atoms with Crippen molar-refractivity contribution in [1.29, 1.82) is 0 Å². The minimum Gasteiger partial charge on any atom is -0.462 e. The Labute approximate surface area is 138 Å². The molecule has 0 spiro atoms. The summed E-state index contributed by atoms with van der Waals surface area (Å²) >= 11 is 0. The van der Waals surface area contributed by atoms with Crippen molar-refractivity contribution in [2.45, 2.75) is 52.9 Å². The number of halogens is 1. The maximum Gasteiger partial charge on any atom is 0.338 e. The largest absolute Gasteiger partial charge is 0.462 e. The average molecular weight is 316 g/mol. The van der Waals surface area contributed by atoms with Gasteiger partial charge in [-0.05, 0) is 55.0 Å². The van der Waals surface area contributed by atoms with Crippen LogP contribution < -0.4 is 0 Å². The molecule has 0 unspecified atom stereocenters. The summed E-state index contributed by atoms with van der Waals surface area (Å²) < 4.78 is 19.8. The number of carbonyl (C=O) groups is 1. The number of carbonyl (C=O) groups excluding carboxylic acids is 1. The second-order valence-electron chi connectivity index (χ2n) is 5.85. The Morgan fingerprint density at radius 3 is 2.30 bits per heavy atom. The molecule has 0 atom stereocenters. The second-order valence-corrected chi connectivity index (χ2v) is 5.85. The third-order valence-electron chi connectivity index (χ3n) is 4.14. The lowest BCUT2D eigenvalue weighted by molar-refractivity contribution is 0.0526. The highest BCUT2D eigenvalue weighted by Crippen LogP contribution is 2.42. The molecule has 2 nitrogen and oxygen atoms in total. The van der Waals surface area contributed by atoms with Crippen LogP contribution in [0.3, 0.4) is 0 Å². The molecule has 0 amide bonds. The van der Waals surface area contributed by atoms with Gasteiger partial charge in [0.15, 0.2) is 0 Å². The fraction of sp³-hybridized carbons (Fsp3) is 0.450. The number of allylic oxidation sites excluding steroid dienone is 4. The molecule has 0 heterocycles. The number of hydrogen-bond acceptors (Lipinski definition) is 2. The lowest BCUT2D eigenvalue weighted by Gasteiger charge is -2.06. The zero-order valence-corrected chi connectivity index (χ0v) is 14.2. The number of esters is 1. The van der Waals surface area contributed by atoms with Crippen LogP contribution in [-0.4, -0.2) is 12.6 Å². The van der Waals surface area contributed by atoms with Crippen molar-refractivity contribution < 1.29 is 13.9 Å². The number of ether oxygens (including phenoxy) is 1. The van der Waals surface area contributed by atoms with Crippen molar-refractivity contribution in [3.63, 3.8) is 0 Å². The smallest absolute Gasteiger partial charge is 0.338 e. The van der Waals surface area contributed by atoms with E-state index < -0.39 is 0 Å². The quantitative estimate of drug-likeness (QED) is 0.590. The first-order chi connectivity index (χ1) is 11.1. The first-order valence-electron chi connectivity index (χ1n) is 8.49. The summed E-state index contributed by atoms with van der Waals surface area (Å²) in [4.78, 5) is 11.7. The molecule has 2 rings (SSSR count). The summed E-state index contributed by atoms with van der Waals surface area (Å²) in [5.74, 6) is -0.393. The van der Waals surface area contributed by atoms with Gasteiger partial charge in [0.1, 0.15) is 5.83 Å². The summed E-state index contributed by atoms with van der Waals surface area (Å²) in [5, 5.41) is 0. The molecule has 1 aromatic rings. The minimum atomic E-state index is -0.337. The van der Waals surface area contributed by atoms with E-state index in [2.05, 4.69) is 13.8 Å². The van der Waals surface area contributed by atoms with Crippen molar-refractivity contribution in [3.05, 3.63) is 52.4 Å². The molecule has 0 radical (unpaired) electrons. The summed E-state index contributed by atoms with van der Waals surface area (Å²) in [6, 6.07) is 7.06. The molecular formula is C20H25FO2. The fourth-order valence-electron chi connectivity index (χ4n) is 3.06. The van der Waals surface area contributed by atoms with Crippen LogP contribution in [-0.2, 0) is 4.74 Å². The predicted octanol–water partition coefficient (Wildman–Crippen LogP) is 5.84. The first kappa shape index (κ1) is 17.5. The van der Waals surface area contributed by atoms with E-state index in [1.54, 1.807) is 19.1 Å². The molecule has 0 N–H and O–H groups in total. The van der Waals surface area contributed by atoms with Crippen molar-refractivity contribution in [2.75, 3.05) is 6.61 Å². The molecule has 0 saturated carbocycles. The molecule has 1 aliphatic rings. The van der Waals surface area contributed by atoms with E-state index in [1.807, 2.05) is 12.1 Å². The molecule has 0 bridgehead atoms. The fourth-order valence-corrected chi connectivity index (χ4v) is 3.06. The molecule has 23 heavy (non-hydrogen) atoms. The lowest BCUT2D eigenvalue weighted by atomic mass is 9.99. The highest BCUT2D eigenvalue weighted by Gasteiger charge is 2.24. The van der Waals surface area contributed by atoms with Gasteiger partial charge in [0.25, 0.3) is 0 Å². The molecule has 1 aromatic carbocycles. The summed E-state index contributed by atoms with van der Waals surface area (Å²) in [6.07, 6.45) is 4.42. The zero-order valence-electron chi connectivity index (χ0n) is 14.2. The van der Waals surface area contributed by atoms with Crippen LogP contribution in [0.5, 0.6) is 0 Å². The third-order valence-corrected chi connectivity index (χ3v) is 4.14. The third kappa shape index (κ3) is 3.90. The second kappa shape index (κ2) is 8.09. The Morgan fingerprint density at radius 1 is 1.09 bits per heavy atom. The Balaban J connectivity index is 2.24.